The van der Waals surface area contributed by atoms with E-state index in [0.717, 1.165) is 43.2 Å². The van der Waals surface area contributed by atoms with Gasteiger partial charge in [0.25, 0.3) is 0 Å². The van der Waals surface area contributed by atoms with Crippen LogP contribution in [0.5, 0.6) is 0 Å². The molecule has 2 atom stereocenters. The third-order valence-electron chi connectivity index (χ3n) is 6.25. The molecule has 2 heterocycles. The zero-order valence-corrected chi connectivity index (χ0v) is 16.7. The summed E-state index contributed by atoms with van der Waals surface area (Å²) >= 11 is 0. The van der Waals surface area contributed by atoms with Crippen LogP contribution in [0.25, 0.3) is 0 Å². The van der Waals surface area contributed by atoms with Crippen LogP contribution in [0.15, 0.2) is 0 Å². The van der Waals surface area contributed by atoms with Crippen molar-refractivity contribution in [1.29, 1.82) is 0 Å². The number of nitrogens with zero attached hydrogens (tertiary/aromatic N) is 4. The van der Waals surface area contributed by atoms with Gasteiger partial charge in [0.2, 0.25) is 16.0 Å². The molecule has 7 nitrogen and oxygen atoms in total. The number of hydrogen-bond acceptors (Lipinski definition) is 5. The van der Waals surface area contributed by atoms with E-state index in [1.165, 1.54) is 51.2 Å². The summed E-state index contributed by atoms with van der Waals surface area (Å²) in [5.74, 6) is 4.02. The highest BCUT2D eigenvalue weighted by Crippen LogP contribution is 2.38. The maximum absolute atomic E-state index is 11.6. The summed E-state index contributed by atoms with van der Waals surface area (Å²) in [5, 5.41) is 8.89. The molecule has 1 aromatic heterocycles. The van der Waals surface area contributed by atoms with Gasteiger partial charge in [-0.2, -0.15) is 0 Å². The van der Waals surface area contributed by atoms with Crippen molar-refractivity contribution in [3.8, 4) is 0 Å². The first kappa shape index (κ1) is 18.2. The Labute approximate surface area is 156 Å². The molecule has 1 saturated heterocycles. The molecule has 1 unspecified atom stereocenters. The van der Waals surface area contributed by atoms with Crippen LogP contribution >= 0.6 is 0 Å². The fraction of sp³-hybridized carbons (Fsp3) is 0.889. The third-order valence-corrected chi connectivity index (χ3v) is 7.03. The van der Waals surface area contributed by atoms with Gasteiger partial charge in [0, 0.05) is 19.6 Å². The molecule has 1 aliphatic heterocycles. The molecule has 1 N–H and O–H groups in total. The number of aromatic nitrogens is 3. The average Bonchev–Trinajstić information content (AvgIpc) is 2.98. The second-order valence-corrected chi connectivity index (χ2v) is 10.3. The molecule has 146 valence electrons. The van der Waals surface area contributed by atoms with Crippen LogP contribution in [0.1, 0.15) is 63.7 Å². The van der Waals surface area contributed by atoms with Crippen LogP contribution in [0.2, 0.25) is 0 Å². The standard InChI is InChI=1S/C18H31N5O2S/c1-13(21-26(2,24)25)17-19-20-18(23(17)11-14-7-8-14)22-10-9-16(12-22)15-5-3-4-6-15/h13-16,21H,3-12H2,1-2H3/t13-,16?/m0/s1. The van der Waals surface area contributed by atoms with Gasteiger partial charge in [-0.25, -0.2) is 13.1 Å². The van der Waals surface area contributed by atoms with Gasteiger partial charge in [-0.3, -0.25) is 4.57 Å². The lowest BCUT2D eigenvalue weighted by molar-refractivity contribution is 0.368. The van der Waals surface area contributed by atoms with E-state index in [1.54, 1.807) is 0 Å². The molecule has 4 rings (SSSR count). The van der Waals surface area contributed by atoms with E-state index >= 15 is 0 Å². The van der Waals surface area contributed by atoms with Gasteiger partial charge < -0.3 is 4.90 Å². The summed E-state index contributed by atoms with van der Waals surface area (Å²) in [6, 6.07) is -0.363. The van der Waals surface area contributed by atoms with Crippen LogP contribution in [-0.2, 0) is 16.6 Å². The van der Waals surface area contributed by atoms with E-state index in [4.69, 9.17) is 0 Å². The van der Waals surface area contributed by atoms with Gasteiger partial charge in [-0.05, 0) is 43.9 Å². The van der Waals surface area contributed by atoms with Gasteiger partial charge in [-0.15, -0.1) is 10.2 Å². The second-order valence-electron chi connectivity index (χ2n) is 8.56. The van der Waals surface area contributed by atoms with Gasteiger partial charge in [0.15, 0.2) is 5.82 Å². The molecule has 26 heavy (non-hydrogen) atoms. The normalized spacial score (nSPS) is 25.9. The SMILES string of the molecule is C[C@H](NS(C)(=O)=O)c1nnc(N2CCC(C3CCCC3)C2)n1CC1CC1. The molecule has 8 heteroatoms. The van der Waals surface area contributed by atoms with Gasteiger partial charge in [-0.1, -0.05) is 25.7 Å². The predicted octanol–water partition coefficient (Wildman–Crippen LogP) is 2.31. The Kier molecular flexibility index (Phi) is 4.98. The summed E-state index contributed by atoms with van der Waals surface area (Å²) in [7, 11) is -3.28. The third kappa shape index (κ3) is 4.06. The zero-order chi connectivity index (χ0) is 18.3. The highest BCUT2D eigenvalue weighted by molar-refractivity contribution is 7.88. The molecule has 0 bridgehead atoms. The van der Waals surface area contributed by atoms with E-state index in [2.05, 4.69) is 24.4 Å². The quantitative estimate of drug-likeness (QED) is 0.784. The largest absolute Gasteiger partial charge is 0.341 e. The smallest absolute Gasteiger partial charge is 0.227 e. The number of sulfonamides is 1. The van der Waals surface area contributed by atoms with Crippen LogP contribution < -0.4 is 9.62 Å². The van der Waals surface area contributed by atoms with Gasteiger partial charge in [0.05, 0.1) is 12.3 Å². The Morgan fingerprint density at radius 2 is 1.85 bits per heavy atom. The van der Waals surface area contributed by atoms with Crippen molar-refractivity contribution in [2.45, 2.75) is 64.5 Å². The van der Waals surface area contributed by atoms with Crippen molar-refractivity contribution in [1.82, 2.24) is 19.5 Å². The summed E-state index contributed by atoms with van der Waals surface area (Å²) in [5.41, 5.74) is 0. The van der Waals surface area contributed by atoms with Crippen LogP contribution in [0, 0.1) is 17.8 Å². The van der Waals surface area contributed by atoms with Crippen molar-refractivity contribution < 1.29 is 8.42 Å². The molecule has 1 aromatic rings. The Hall–Kier alpha value is -1.15. The predicted molar refractivity (Wildman–Crippen MR) is 101 cm³/mol. The van der Waals surface area contributed by atoms with E-state index in [0.29, 0.717) is 5.92 Å². The minimum Gasteiger partial charge on any atom is -0.341 e. The number of rotatable bonds is 7. The maximum Gasteiger partial charge on any atom is 0.227 e. The summed E-state index contributed by atoms with van der Waals surface area (Å²) < 4.78 is 28.1. The van der Waals surface area contributed by atoms with Crippen molar-refractivity contribution in [3.05, 3.63) is 5.82 Å². The molecule has 2 aliphatic carbocycles. The van der Waals surface area contributed by atoms with Gasteiger partial charge in [0.1, 0.15) is 0 Å². The summed E-state index contributed by atoms with van der Waals surface area (Å²) in [6.45, 7) is 4.86. The minimum absolute atomic E-state index is 0.363. The summed E-state index contributed by atoms with van der Waals surface area (Å²) in [4.78, 5) is 2.38. The molecule has 3 aliphatic rings. The van der Waals surface area contributed by atoms with Gasteiger partial charge >= 0.3 is 0 Å². The first-order chi connectivity index (χ1) is 12.4. The fourth-order valence-electron chi connectivity index (χ4n) is 4.75. The lowest BCUT2D eigenvalue weighted by atomic mass is 9.90. The molecule has 0 aromatic carbocycles. The first-order valence-electron chi connectivity index (χ1n) is 10.1. The summed E-state index contributed by atoms with van der Waals surface area (Å²) in [6.07, 6.45) is 10.5. The molecule has 2 saturated carbocycles. The molecule has 0 radical (unpaired) electrons. The highest BCUT2D eigenvalue weighted by Gasteiger charge is 2.35. The lowest BCUT2D eigenvalue weighted by Gasteiger charge is -2.22. The number of hydrogen-bond donors (Lipinski definition) is 1. The Morgan fingerprint density at radius 3 is 2.50 bits per heavy atom. The van der Waals surface area contributed by atoms with E-state index < -0.39 is 10.0 Å². The fourth-order valence-corrected chi connectivity index (χ4v) is 5.50. The highest BCUT2D eigenvalue weighted by atomic mass is 32.2. The number of nitrogens with one attached hydrogen (secondary N) is 1. The van der Waals surface area contributed by atoms with Crippen LogP contribution in [-0.4, -0.2) is 42.5 Å². The second kappa shape index (κ2) is 7.11. The molecule has 0 amide bonds. The molecule has 3 fully saturated rings. The van der Waals surface area contributed by atoms with E-state index in [1.807, 2.05) is 6.92 Å². The number of anilines is 1. The molecular formula is C18H31N5O2S. The van der Waals surface area contributed by atoms with Crippen molar-refractivity contribution in [3.63, 3.8) is 0 Å². The van der Waals surface area contributed by atoms with Crippen LogP contribution in [0.4, 0.5) is 5.95 Å². The average molecular weight is 382 g/mol. The van der Waals surface area contributed by atoms with Crippen molar-refractivity contribution in [2.24, 2.45) is 17.8 Å². The van der Waals surface area contributed by atoms with E-state index in [9.17, 15) is 8.42 Å². The first-order valence-corrected chi connectivity index (χ1v) is 11.9. The Balaban J connectivity index is 1.53. The van der Waals surface area contributed by atoms with E-state index in [-0.39, 0.29) is 6.04 Å². The maximum atomic E-state index is 11.6. The van der Waals surface area contributed by atoms with Crippen molar-refractivity contribution >= 4 is 16.0 Å². The molecular weight excluding hydrogens is 350 g/mol. The van der Waals surface area contributed by atoms with Crippen LogP contribution in [0.3, 0.4) is 0 Å². The Bertz CT molecular complexity index is 737. The lowest BCUT2D eigenvalue weighted by Crippen LogP contribution is -2.29. The molecule has 0 spiro atoms. The zero-order valence-electron chi connectivity index (χ0n) is 15.9. The Morgan fingerprint density at radius 1 is 1.12 bits per heavy atom. The monoisotopic (exact) mass is 381 g/mol. The van der Waals surface area contributed by atoms with Crippen molar-refractivity contribution in [2.75, 3.05) is 24.2 Å². The topological polar surface area (TPSA) is 80.1 Å². The minimum atomic E-state index is -3.28.